The van der Waals surface area contributed by atoms with Crippen molar-refractivity contribution in [2.75, 3.05) is 6.61 Å². The number of rotatable bonds is 52. The summed E-state index contributed by atoms with van der Waals surface area (Å²) in [5.41, 5.74) is 0. The number of esters is 1. The van der Waals surface area contributed by atoms with E-state index in [4.69, 9.17) is 4.74 Å². The van der Waals surface area contributed by atoms with Gasteiger partial charge in [0.25, 0.3) is 0 Å². The predicted molar refractivity (Wildman–Crippen MR) is 296 cm³/mol. The van der Waals surface area contributed by atoms with E-state index in [0.29, 0.717) is 19.3 Å². The molecule has 0 aliphatic carbocycles. The van der Waals surface area contributed by atoms with Gasteiger partial charge in [0.2, 0.25) is 5.91 Å². The second-order valence-corrected chi connectivity index (χ2v) is 19.7. The van der Waals surface area contributed by atoms with Gasteiger partial charge in [-0.1, -0.05) is 248 Å². The lowest BCUT2D eigenvalue weighted by atomic mass is 10.0. The standard InChI is InChI=1S/C62H111NO5/c1-4-7-10-13-16-19-22-25-28-31-32-35-38-41-44-47-50-53-58(68-62(67)55-52-49-46-43-40-37-34-30-27-24-21-18-15-12-9-6-3)56-61(66)63-59(57-64)60(65)54-51-48-45-42-39-36-33-29-26-23-20-17-14-11-8-5-2/h9,12,16,18-19,21,25,27-28,30,32,35,58-60,64-65H,4-8,10-11,13-15,17,20,22-24,26,29,31,33-34,36-57H2,1-3H3,(H,63,66)/b12-9+,19-16-,21-18+,28-25-,30-27+,35-32-. The number of hydrogen-bond donors (Lipinski definition) is 3. The SMILES string of the molecule is CC/C=C/C/C=C/C/C=C/CCCCCCCCC(=O)OC(CCCCCC/C=C\C/C=C\C/C=C\CCCCC)CC(=O)NC(CO)C(O)CCCCCCCCCCCCCCCCCC. The maximum absolute atomic E-state index is 13.3. The molecular formula is C62H111NO5. The highest BCUT2D eigenvalue weighted by Crippen LogP contribution is 2.18. The molecule has 68 heavy (non-hydrogen) atoms. The highest BCUT2D eigenvalue weighted by atomic mass is 16.5. The summed E-state index contributed by atoms with van der Waals surface area (Å²) in [5.74, 6) is -0.506. The number of nitrogens with one attached hydrogen (secondary N) is 1. The molecule has 6 nitrogen and oxygen atoms in total. The summed E-state index contributed by atoms with van der Waals surface area (Å²) in [6.45, 7) is 6.36. The molecule has 394 valence electrons. The van der Waals surface area contributed by atoms with Crippen LogP contribution in [0.3, 0.4) is 0 Å². The molecule has 3 atom stereocenters. The first-order valence-electron chi connectivity index (χ1n) is 29.2. The minimum Gasteiger partial charge on any atom is -0.462 e. The van der Waals surface area contributed by atoms with Gasteiger partial charge in [-0.05, 0) is 96.3 Å². The van der Waals surface area contributed by atoms with Crippen LogP contribution in [0.2, 0.25) is 0 Å². The van der Waals surface area contributed by atoms with E-state index < -0.39 is 18.2 Å². The average molecular weight is 951 g/mol. The van der Waals surface area contributed by atoms with Gasteiger partial charge >= 0.3 is 5.97 Å². The fraction of sp³-hybridized carbons (Fsp3) is 0.774. The number of ether oxygens (including phenoxy) is 1. The van der Waals surface area contributed by atoms with E-state index >= 15 is 0 Å². The molecule has 3 unspecified atom stereocenters. The maximum atomic E-state index is 13.3. The molecule has 0 radical (unpaired) electrons. The molecule has 0 aliphatic heterocycles. The van der Waals surface area contributed by atoms with Gasteiger partial charge < -0.3 is 20.3 Å². The molecule has 0 rings (SSSR count). The van der Waals surface area contributed by atoms with Crippen LogP contribution < -0.4 is 5.32 Å². The van der Waals surface area contributed by atoms with Crippen molar-refractivity contribution in [1.29, 1.82) is 0 Å². The van der Waals surface area contributed by atoms with Crippen LogP contribution in [0.5, 0.6) is 0 Å². The Balaban J connectivity index is 4.62. The summed E-state index contributed by atoms with van der Waals surface area (Å²) in [7, 11) is 0. The zero-order valence-corrected chi connectivity index (χ0v) is 45.0. The third kappa shape index (κ3) is 49.7. The Morgan fingerprint density at radius 2 is 0.794 bits per heavy atom. The van der Waals surface area contributed by atoms with Gasteiger partial charge in [0.1, 0.15) is 6.10 Å². The summed E-state index contributed by atoms with van der Waals surface area (Å²) in [4.78, 5) is 26.3. The molecule has 0 saturated carbocycles. The van der Waals surface area contributed by atoms with Gasteiger partial charge in [-0.3, -0.25) is 9.59 Å². The van der Waals surface area contributed by atoms with E-state index in [2.05, 4.69) is 99.0 Å². The van der Waals surface area contributed by atoms with Crippen LogP contribution in [-0.2, 0) is 14.3 Å². The first-order valence-corrected chi connectivity index (χ1v) is 29.2. The molecule has 1 amide bonds. The molecule has 0 fully saturated rings. The fourth-order valence-electron chi connectivity index (χ4n) is 8.63. The highest BCUT2D eigenvalue weighted by molar-refractivity contribution is 5.77. The zero-order valence-electron chi connectivity index (χ0n) is 45.0. The van der Waals surface area contributed by atoms with Crippen LogP contribution in [0.25, 0.3) is 0 Å². The number of amides is 1. The second kappa shape index (κ2) is 55.2. The molecule has 0 aliphatic rings. The third-order valence-electron chi connectivity index (χ3n) is 13.0. The van der Waals surface area contributed by atoms with Crippen molar-refractivity contribution in [2.45, 2.75) is 302 Å². The van der Waals surface area contributed by atoms with Crippen LogP contribution in [0.1, 0.15) is 284 Å². The summed E-state index contributed by atoms with van der Waals surface area (Å²) in [5, 5.41) is 23.9. The Bertz CT molecular complexity index is 1250. The normalized spacial score (nSPS) is 13.7. The first-order chi connectivity index (χ1) is 33.5. The van der Waals surface area contributed by atoms with E-state index in [1.54, 1.807) is 0 Å². The largest absolute Gasteiger partial charge is 0.462 e. The Kier molecular flexibility index (Phi) is 53.0. The van der Waals surface area contributed by atoms with Gasteiger partial charge in [0.15, 0.2) is 0 Å². The molecule has 0 heterocycles. The molecule has 6 heteroatoms. The second-order valence-electron chi connectivity index (χ2n) is 19.7. The number of allylic oxidation sites excluding steroid dienone is 12. The van der Waals surface area contributed by atoms with Gasteiger partial charge in [0.05, 0.1) is 25.2 Å². The van der Waals surface area contributed by atoms with Crippen molar-refractivity contribution < 1.29 is 24.5 Å². The number of carbonyl (C=O) groups excluding carboxylic acids is 2. The highest BCUT2D eigenvalue weighted by Gasteiger charge is 2.24. The van der Waals surface area contributed by atoms with Gasteiger partial charge in [-0.2, -0.15) is 0 Å². The molecule has 0 aromatic heterocycles. The lowest BCUT2D eigenvalue weighted by molar-refractivity contribution is -0.151. The molecule has 0 bridgehead atoms. The summed E-state index contributed by atoms with van der Waals surface area (Å²) < 4.78 is 5.95. The first kappa shape index (κ1) is 65.3. The minimum absolute atomic E-state index is 0.0555. The number of aliphatic hydroxyl groups is 2. The Labute approximate surface area is 421 Å². The summed E-state index contributed by atoms with van der Waals surface area (Å²) >= 11 is 0. The quantitative estimate of drug-likeness (QED) is 0.0321. The van der Waals surface area contributed by atoms with Crippen LogP contribution in [0.4, 0.5) is 0 Å². The van der Waals surface area contributed by atoms with Gasteiger partial charge in [-0.15, -0.1) is 0 Å². The van der Waals surface area contributed by atoms with Crippen molar-refractivity contribution in [2.24, 2.45) is 0 Å². The Morgan fingerprint density at radius 3 is 1.24 bits per heavy atom. The summed E-state index contributed by atoms with van der Waals surface area (Å²) in [6.07, 6.45) is 71.0. The molecular weight excluding hydrogens is 839 g/mol. The van der Waals surface area contributed by atoms with Gasteiger partial charge in [0, 0.05) is 6.42 Å². The minimum atomic E-state index is -0.800. The average Bonchev–Trinajstić information content (AvgIpc) is 3.33. The van der Waals surface area contributed by atoms with Crippen LogP contribution in [0.15, 0.2) is 72.9 Å². The fourth-order valence-corrected chi connectivity index (χ4v) is 8.63. The number of aliphatic hydroxyl groups excluding tert-OH is 2. The third-order valence-corrected chi connectivity index (χ3v) is 13.0. The van der Waals surface area contributed by atoms with E-state index in [1.165, 1.54) is 128 Å². The molecule has 3 N–H and O–H groups in total. The van der Waals surface area contributed by atoms with Crippen molar-refractivity contribution in [3.8, 4) is 0 Å². The lowest BCUT2D eigenvalue weighted by Crippen LogP contribution is -2.46. The van der Waals surface area contributed by atoms with Gasteiger partial charge in [-0.25, -0.2) is 0 Å². The molecule has 0 aromatic rings. The van der Waals surface area contributed by atoms with E-state index in [-0.39, 0.29) is 24.9 Å². The van der Waals surface area contributed by atoms with E-state index in [0.717, 1.165) is 109 Å². The van der Waals surface area contributed by atoms with Crippen molar-refractivity contribution in [3.63, 3.8) is 0 Å². The van der Waals surface area contributed by atoms with Crippen LogP contribution >= 0.6 is 0 Å². The zero-order chi connectivity index (χ0) is 49.5. The predicted octanol–water partition coefficient (Wildman–Crippen LogP) is 18.1. The number of unbranched alkanes of at least 4 members (excludes halogenated alkanes) is 28. The Morgan fingerprint density at radius 1 is 0.441 bits per heavy atom. The van der Waals surface area contributed by atoms with Crippen LogP contribution in [0, 0.1) is 0 Å². The molecule has 0 spiro atoms. The smallest absolute Gasteiger partial charge is 0.306 e. The van der Waals surface area contributed by atoms with Crippen molar-refractivity contribution in [3.05, 3.63) is 72.9 Å². The van der Waals surface area contributed by atoms with E-state index in [9.17, 15) is 19.8 Å². The molecule has 0 saturated heterocycles. The monoisotopic (exact) mass is 950 g/mol. The van der Waals surface area contributed by atoms with Crippen molar-refractivity contribution in [1.82, 2.24) is 5.32 Å². The van der Waals surface area contributed by atoms with E-state index in [1.807, 2.05) is 0 Å². The maximum Gasteiger partial charge on any atom is 0.306 e. The summed E-state index contributed by atoms with van der Waals surface area (Å²) in [6, 6.07) is -0.716. The van der Waals surface area contributed by atoms with Crippen molar-refractivity contribution >= 4 is 11.9 Å². The number of carbonyl (C=O) groups is 2. The van der Waals surface area contributed by atoms with Crippen LogP contribution in [-0.4, -0.2) is 46.9 Å². The Hall–Kier alpha value is -2.70. The topological polar surface area (TPSA) is 95.9 Å². The number of hydrogen-bond acceptors (Lipinski definition) is 5. The molecule has 0 aromatic carbocycles. The lowest BCUT2D eigenvalue weighted by Gasteiger charge is -2.24.